The summed E-state index contributed by atoms with van der Waals surface area (Å²) in [5.74, 6) is 0. The van der Waals surface area contributed by atoms with Gasteiger partial charge in [-0.3, -0.25) is 9.98 Å². The van der Waals surface area contributed by atoms with Crippen molar-refractivity contribution in [2.24, 2.45) is 4.99 Å². The van der Waals surface area contributed by atoms with Crippen molar-refractivity contribution in [3.63, 3.8) is 0 Å². The number of allylic oxidation sites excluding steroid dienone is 1. The number of aliphatic imine (C=N–C) groups is 1. The SMILES string of the molecule is CC1=CC(C)(C)N(C)c2cc(Cl)c([C@@H]3[C@H](c4ccccn4)N=C4S[C@H](C)CN43)cc21. The first-order chi connectivity index (χ1) is 14.3. The molecule has 0 spiro atoms. The number of fused-ring (bicyclic) bond motifs is 2. The molecule has 1 aromatic heterocycles. The maximum absolute atomic E-state index is 6.98. The van der Waals surface area contributed by atoms with Crippen LogP contribution in [0.5, 0.6) is 0 Å². The molecule has 0 unspecified atom stereocenters. The number of likely N-dealkylation sites (N-methyl/N-ethyl adjacent to an activating group) is 1. The van der Waals surface area contributed by atoms with Crippen LogP contribution in [0.15, 0.2) is 47.6 Å². The van der Waals surface area contributed by atoms with E-state index in [-0.39, 0.29) is 17.6 Å². The fourth-order valence-corrected chi connectivity index (χ4v) is 6.23. The van der Waals surface area contributed by atoms with Crippen LogP contribution >= 0.6 is 23.4 Å². The van der Waals surface area contributed by atoms with Crippen LogP contribution in [-0.4, -0.2) is 39.4 Å². The number of rotatable bonds is 2. The molecule has 0 bridgehead atoms. The number of pyridine rings is 1. The molecule has 0 radical (unpaired) electrons. The Morgan fingerprint density at radius 2 is 2.03 bits per heavy atom. The number of halogens is 1. The molecule has 3 aliphatic heterocycles. The molecule has 0 aliphatic carbocycles. The lowest BCUT2D eigenvalue weighted by molar-refractivity contribution is 0.321. The summed E-state index contributed by atoms with van der Waals surface area (Å²) in [6.45, 7) is 9.91. The van der Waals surface area contributed by atoms with Gasteiger partial charge in [-0.25, -0.2) is 0 Å². The Morgan fingerprint density at radius 3 is 2.77 bits per heavy atom. The van der Waals surface area contributed by atoms with Gasteiger partial charge in [-0.1, -0.05) is 42.4 Å². The van der Waals surface area contributed by atoms with E-state index in [9.17, 15) is 0 Å². The summed E-state index contributed by atoms with van der Waals surface area (Å²) in [5.41, 5.74) is 5.83. The van der Waals surface area contributed by atoms with E-state index < -0.39 is 0 Å². The molecular weight excluding hydrogens is 412 g/mol. The van der Waals surface area contributed by atoms with Crippen molar-refractivity contribution in [2.75, 3.05) is 18.5 Å². The molecule has 0 N–H and O–H groups in total. The summed E-state index contributed by atoms with van der Waals surface area (Å²) in [5, 5.41) is 2.45. The van der Waals surface area contributed by atoms with Crippen LogP contribution in [0.1, 0.15) is 56.6 Å². The molecule has 3 aliphatic rings. The molecule has 5 rings (SSSR count). The van der Waals surface area contributed by atoms with Gasteiger partial charge in [-0.15, -0.1) is 0 Å². The quantitative estimate of drug-likeness (QED) is 0.579. The average Bonchev–Trinajstić information content (AvgIpc) is 3.22. The number of aromatic nitrogens is 1. The topological polar surface area (TPSA) is 31.7 Å². The number of benzene rings is 1. The molecule has 4 nitrogen and oxygen atoms in total. The molecule has 1 aromatic carbocycles. The third-order valence-electron chi connectivity index (χ3n) is 6.54. The number of anilines is 1. The molecule has 4 heterocycles. The van der Waals surface area contributed by atoms with Crippen LogP contribution in [0, 0.1) is 0 Å². The average molecular weight is 439 g/mol. The number of hydrogen-bond acceptors (Lipinski definition) is 5. The highest BCUT2D eigenvalue weighted by Gasteiger charge is 2.44. The van der Waals surface area contributed by atoms with Crippen LogP contribution < -0.4 is 4.90 Å². The Labute approximate surface area is 188 Å². The molecule has 1 saturated heterocycles. The minimum absolute atomic E-state index is 0.0386. The fourth-order valence-electron chi connectivity index (χ4n) is 4.87. The predicted molar refractivity (Wildman–Crippen MR) is 128 cm³/mol. The highest BCUT2D eigenvalue weighted by Crippen LogP contribution is 2.51. The molecule has 3 atom stereocenters. The van der Waals surface area contributed by atoms with Gasteiger partial charge in [-0.05, 0) is 56.2 Å². The molecule has 6 heteroatoms. The number of amidine groups is 1. The van der Waals surface area contributed by atoms with Gasteiger partial charge < -0.3 is 9.80 Å². The minimum atomic E-state index is -0.0428. The van der Waals surface area contributed by atoms with E-state index in [1.54, 1.807) is 0 Å². The van der Waals surface area contributed by atoms with Gasteiger partial charge >= 0.3 is 0 Å². The summed E-state index contributed by atoms with van der Waals surface area (Å²) in [6, 6.07) is 10.5. The van der Waals surface area contributed by atoms with E-state index in [1.807, 2.05) is 30.1 Å². The van der Waals surface area contributed by atoms with E-state index in [0.29, 0.717) is 5.25 Å². The van der Waals surface area contributed by atoms with E-state index in [1.165, 1.54) is 16.8 Å². The van der Waals surface area contributed by atoms with Gasteiger partial charge in [0.2, 0.25) is 0 Å². The Kier molecular flexibility index (Phi) is 4.67. The van der Waals surface area contributed by atoms with E-state index in [0.717, 1.165) is 28.0 Å². The largest absolute Gasteiger partial charge is 0.365 e. The normalized spacial score (nSPS) is 26.9. The van der Waals surface area contributed by atoms with E-state index >= 15 is 0 Å². The van der Waals surface area contributed by atoms with Gasteiger partial charge in [0.15, 0.2) is 5.17 Å². The van der Waals surface area contributed by atoms with Crippen molar-refractivity contribution >= 4 is 39.8 Å². The maximum atomic E-state index is 6.98. The van der Waals surface area contributed by atoms with Crippen LogP contribution in [-0.2, 0) is 0 Å². The Morgan fingerprint density at radius 1 is 1.23 bits per heavy atom. The van der Waals surface area contributed by atoms with Crippen molar-refractivity contribution in [3.8, 4) is 0 Å². The second-order valence-corrected chi connectivity index (χ2v) is 10.9. The van der Waals surface area contributed by atoms with Gasteiger partial charge in [0.05, 0.1) is 17.3 Å². The monoisotopic (exact) mass is 438 g/mol. The molecule has 2 aromatic rings. The van der Waals surface area contributed by atoms with E-state index in [4.69, 9.17) is 16.6 Å². The lowest BCUT2D eigenvalue weighted by Crippen LogP contribution is -2.42. The molecule has 1 fully saturated rings. The first-order valence-corrected chi connectivity index (χ1v) is 11.7. The van der Waals surface area contributed by atoms with Crippen molar-refractivity contribution < 1.29 is 0 Å². The van der Waals surface area contributed by atoms with Crippen LogP contribution in [0.25, 0.3) is 5.57 Å². The second kappa shape index (κ2) is 7.03. The number of nitrogens with zero attached hydrogens (tertiary/aromatic N) is 4. The first-order valence-electron chi connectivity index (χ1n) is 10.5. The molecule has 0 saturated carbocycles. The van der Waals surface area contributed by atoms with Gasteiger partial charge in [-0.2, -0.15) is 0 Å². The number of hydrogen-bond donors (Lipinski definition) is 0. The van der Waals surface area contributed by atoms with Gasteiger partial charge in [0, 0.05) is 41.3 Å². The van der Waals surface area contributed by atoms with Gasteiger partial charge in [0.25, 0.3) is 0 Å². The van der Waals surface area contributed by atoms with Crippen LogP contribution in [0.2, 0.25) is 5.02 Å². The fraction of sp³-hybridized carbons (Fsp3) is 0.417. The maximum Gasteiger partial charge on any atom is 0.160 e. The third kappa shape index (κ3) is 3.05. The standard InChI is InChI=1S/C24H27ClN4S/c1-14-12-24(3,4)28(5)20-11-18(25)17(10-16(14)20)22-21(19-8-6-7-9-26-19)27-23-29(22)13-15(2)30-23/h6-12,15,21-22H,13H2,1-5H3/t15-,21+,22-/m1/s1. The Bertz CT molecular complexity index is 1060. The first kappa shape index (κ1) is 20.0. The molecular formula is C24H27ClN4S. The van der Waals surface area contributed by atoms with Crippen molar-refractivity contribution in [3.05, 3.63) is 64.4 Å². The predicted octanol–water partition coefficient (Wildman–Crippen LogP) is 5.96. The molecule has 0 amide bonds. The van der Waals surface area contributed by atoms with Crippen molar-refractivity contribution in [1.82, 2.24) is 9.88 Å². The summed E-state index contributed by atoms with van der Waals surface area (Å²) < 4.78 is 0. The zero-order valence-electron chi connectivity index (χ0n) is 18.1. The zero-order chi connectivity index (χ0) is 21.2. The Balaban J connectivity index is 1.65. The van der Waals surface area contributed by atoms with Crippen LogP contribution in [0.4, 0.5) is 5.69 Å². The summed E-state index contributed by atoms with van der Waals surface area (Å²) in [7, 11) is 2.14. The van der Waals surface area contributed by atoms with Crippen LogP contribution in [0.3, 0.4) is 0 Å². The Hall–Kier alpha value is -1.98. The zero-order valence-corrected chi connectivity index (χ0v) is 19.6. The lowest BCUT2D eigenvalue weighted by atomic mass is 9.86. The van der Waals surface area contributed by atoms with Crippen molar-refractivity contribution in [1.29, 1.82) is 0 Å². The van der Waals surface area contributed by atoms with E-state index in [2.05, 4.69) is 73.8 Å². The van der Waals surface area contributed by atoms with Crippen molar-refractivity contribution in [2.45, 2.75) is 50.6 Å². The second-order valence-electron chi connectivity index (χ2n) is 9.07. The summed E-state index contributed by atoms with van der Waals surface area (Å²) in [4.78, 5) is 14.5. The lowest BCUT2D eigenvalue weighted by Gasteiger charge is -2.41. The molecule has 30 heavy (non-hydrogen) atoms. The number of thioether (sulfide) groups is 1. The third-order valence-corrected chi connectivity index (χ3v) is 7.96. The summed E-state index contributed by atoms with van der Waals surface area (Å²) >= 11 is 8.83. The minimum Gasteiger partial charge on any atom is -0.365 e. The molecule has 156 valence electrons. The highest BCUT2D eigenvalue weighted by atomic mass is 35.5. The summed E-state index contributed by atoms with van der Waals surface area (Å²) in [6.07, 6.45) is 4.19. The van der Waals surface area contributed by atoms with Gasteiger partial charge in [0.1, 0.15) is 6.04 Å². The highest BCUT2D eigenvalue weighted by molar-refractivity contribution is 8.14. The smallest absolute Gasteiger partial charge is 0.160 e.